The molecule has 4 unspecified atom stereocenters. The zero-order chi connectivity index (χ0) is 39.1. The fourth-order valence-electron chi connectivity index (χ4n) is 14.0. The lowest BCUT2D eigenvalue weighted by Gasteiger charge is -2.53. The van der Waals surface area contributed by atoms with Crippen LogP contribution in [0.4, 0.5) is 5.69 Å². The van der Waals surface area contributed by atoms with Crippen LogP contribution in [0.2, 0.25) is 0 Å². The second kappa shape index (κ2) is 14.1. The third-order valence-corrected chi connectivity index (χ3v) is 16.8. The van der Waals surface area contributed by atoms with Gasteiger partial charge in [-0.15, -0.1) is 0 Å². The monoisotopic (exact) mass is 761 g/mol. The van der Waals surface area contributed by atoms with Gasteiger partial charge in [0.25, 0.3) is 0 Å². The molecule has 296 valence electrons. The van der Waals surface area contributed by atoms with Crippen LogP contribution in [-0.4, -0.2) is 6.04 Å². The molecule has 0 bridgehead atoms. The molecule has 1 heteroatoms. The Labute approximate surface area is 349 Å². The van der Waals surface area contributed by atoms with Crippen LogP contribution in [-0.2, 0) is 10.8 Å². The van der Waals surface area contributed by atoms with Gasteiger partial charge in [-0.05, 0) is 192 Å². The minimum Gasteiger partial charge on any atom is -0.342 e. The molecule has 0 saturated heterocycles. The molecule has 0 radical (unpaired) electrons. The molecular formula is C57H63N. The highest BCUT2D eigenvalue weighted by Crippen LogP contribution is 2.67. The lowest BCUT2D eigenvalue weighted by atomic mass is 9.50. The predicted octanol–water partition coefficient (Wildman–Crippen LogP) is 15.2. The highest BCUT2D eigenvalue weighted by Gasteiger charge is 2.58. The summed E-state index contributed by atoms with van der Waals surface area (Å²) >= 11 is 0. The lowest BCUT2D eigenvalue weighted by Crippen LogP contribution is -2.48. The van der Waals surface area contributed by atoms with Gasteiger partial charge >= 0.3 is 0 Å². The number of hydrogen-bond acceptors (Lipinski definition) is 1. The van der Waals surface area contributed by atoms with E-state index in [4.69, 9.17) is 0 Å². The van der Waals surface area contributed by atoms with Gasteiger partial charge in [-0.25, -0.2) is 0 Å². The molecule has 8 aliphatic rings. The van der Waals surface area contributed by atoms with Crippen molar-refractivity contribution in [2.75, 3.05) is 4.90 Å². The molecule has 0 amide bonds. The van der Waals surface area contributed by atoms with Gasteiger partial charge in [0.15, 0.2) is 0 Å². The van der Waals surface area contributed by atoms with E-state index < -0.39 is 0 Å². The van der Waals surface area contributed by atoms with Crippen molar-refractivity contribution in [1.29, 1.82) is 0 Å². The van der Waals surface area contributed by atoms with Crippen molar-refractivity contribution in [3.8, 4) is 0 Å². The van der Waals surface area contributed by atoms with Crippen LogP contribution >= 0.6 is 0 Å². The predicted molar refractivity (Wildman–Crippen MR) is 245 cm³/mol. The summed E-state index contributed by atoms with van der Waals surface area (Å²) in [5.74, 6) is 1.25. The van der Waals surface area contributed by atoms with Gasteiger partial charge in [0, 0.05) is 22.8 Å². The quantitative estimate of drug-likeness (QED) is 0.226. The zero-order valence-corrected chi connectivity index (χ0v) is 35.5. The Hall–Kier alpha value is -4.36. The maximum Gasteiger partial charge on any atom is 0.0477 e. The van der Waals surface area contributed by atoms with Crippen molar-refractivity contribution in [3.63, 3.8) is 0 Å². The van der Waals surface area contributed by atoms with Gasteiger partial charge < -0.3 is 4.90 Å². The van der Waals surface area contributed by atoms with E-state index in [0.29, 0.717) is 17.9 Å². The van der Waals surface area contributed by atoms with Crippen molar-refractivity contribution in [3.05, 3.63) is 171 Å². The molecule has 0 heterocycles. The molecule has 11 rings (SSSR count). The molecule has 4 atom stereocenters. The Bertz CT molecular complexity index is 2360. The first-order valence-electron chi connectivity index (χ1n) is 23.4. The Balaban J connectivity index is 1.09. The van der Waals surface area contributed by atoms with Crippen LogP contribution in [0.3, 0.4) is 0 Å². The lowest BCUT2D eigenvalue weighted by molar-refractivity contribution is 0.132. The summed E-state index contributed by atoms with van der Waals surface area (Å²) in [5, 5.41) is 0. The van der Waals surface area contributed by atoms with E-state index in [-0.39, 0.29) is 16.2 Å². The third kappa shape index (κ3) is 5.54. The number of benzene rings is 3. The summed E-state index contributed by atoms with van der Waals surface area (Å²) in [4.78, 5) is 2.92. The van der Waals surface area contributed by atoms with Crippen LogP contribution in [0.15, 0.2) is 138 Å². The second-order valence-corrected chi connectivity index (χ2v) is 20.1. The Kier molecular flexibility index (Phi) is 8.95. The summed E-state index contributed by atoms with van der Waals surface area (Å²) < 4.78 is 0. The van der Waals surface area contributed by atoms with Gasteiger partial charge in [-0.2, -0.15) is 0 Å². The third-order valence-electron chi connectivity index (χ3n) is 16.8. The smallest absolute Gasteiger partial charge is 0.0477 e. The van der Waals surface area contributed by atoms with E-state index in [1.807, 2.05) is 0 Å². The van der Waals surface area contributed by atoms with Crippen molar-refractivity contribution in [2.45, 2.75) is 146 Å². The fraction of sp³-hybridized carbons (Fsp3) is 0.439. The maximum atomic E-state index is 2.92. The van der Waals surface area contributed by atoms with Crippen LogP contribution < -0.4 is 4.90 Å². The van der Waals surface area contributed by atoms with Gasteiger partial charge in [0.1, 0.15) is 0 Å². The van der Waals surface area contributed by atoms with E-state index in [2.05, 4.69) is 141 Å². The van der Waals surface area contributed by atoms with Crippen molar-refractivity contribution >= 4 is 16.8 Å². The van der Waals surface area contributed by atoms with E-state index >= 15 is 0 Å². The normalized spacial score (nSPS) is 28.9. The van der Waals surface area contributed by atoms with Gasteiger partial charge in [-0.1, -0.05) is 131 Å². The Morgan fingerprint density at radius 3 is 2.40 bits per heavy atom. The summed E-state index contributed by atoms with van der Waals surface area (Å²) in [6, 6.07) is 27.9. The molecule has 0 spiro atoms. The highest BCUT2D eigenvalue weighted by atomic mass is 15.2. The van der Waals surface area contributed by atoms with Crippen molar-refractivity contribution < 1.29 is 0 Å². The molecule has 0 aromatic heterocycles. The van der Waals surface area contributed by atoms with Crippen molar-refractivity contribution in [1.82, 2.24) is 0 Å². The Morgan fingerprint density at radius 2 is 1.55 bits per heavy atom. The molecule has 8 aliphatic carbocycles. The molecule has 1 saturated carbocycles. The highest BCUT2D eigenvalue weighted by molar-refractivity contribution is 5.87. The standard InChI is InChI=1S/C57H63N/c1-55(2)51-24-14-13-23-47(51)48-30-28-45(37-53(48)55)58(44-27-25-40-19-11-12-20-41(40)35-44)46-29-31-49-50-36-42(39-17-7-4-8-18-39)26-32-52(50)57(54(49)38-46,43-21-9-5-10-22-43)56(3)33-15-6-16-34-56/h5,7,9-11,14,17-19,21-22,24,26,28,30,32,35-37,46-47,51H,4,6,8,12-13,15-16,20,23,25,27,29,31,33-34,38H2,1-3H3. The zero-order valence-electron chi connectivity index (χ0n) is 35.5. The first kappa shape index (κ1) is 36.7. The SMILES string of the molecule is CC1(C)c2cc(N(C3=CC4=C(C=CCC4)CC3)C3CCC4=C(C3)C(c3ccccc3)(C3(C)CCCCC3)c3ccc(C5=CCCC=C5)cc34)ccc2C2CCC=CC21. The molecule has 3 aromatic rings. The molecule has 58 heavy (non-hydrogen) atoms. The molecular weight excluding hydrogens is 699 g/mol. The number of nitrogens with zero attached hydrogens (tertiary/aromatic N) is 1. The van der Waals surface area contributed by atoms with E-state index in [9.17, 15) is 0 Å². The number of rotatable bonds is 6. The average molecular weight is 762 g/mol. The maximum absolute atomic E-state index is 2.92. The average Bonchev–Trinajstić information content (AvgIpc) is 3.70. The minimum atomic E-state index is -0.133. The fourth-order valence-corrected chi connectivity index (χ4v) is 14.0. The van der Waals surface area contributed by atoms with Crippen LogP contribution in [0.25, 0.3) is 11.1 Å². The second-order valence-electron chi connectivity index (χ2n) is 20.1. The number of hydrogen-bond donors (Lipinski definition) is 0. The van der Waals surface area contributed by atoms with E-state index in [1.165, 1.54) is 80.2 Å². The largest absolute Gasteiger partial charge is 0.342 e. The van der Waals surface area contributed by atoms with Gasteiger partial charge in [0.2, 0.25) is 0 Å². The van der Waals surface area contributed by atoms with E-state index in [0.717, 1.165) is 44.9 Å². The number of anilines is 1. The summed E-state index contributed by atoms with van der Waals surface area (Å²) in [6.45, 7) is 7.77. The topological polar surface area (TPSA) is 3.24 Å². The Morgan fingerprint density at radius 1 is 0.690 bits per heavy atom. The first-order chi connectivity index (χ1) is 28.4. The van der Waals surface area contributed by atoms with Gasteiger partial charge in [0.05, 0.1) is 0 Å². The minimum absolute atomic E-state index is 0.133. The summed E-state index contributed by atoms with van der Waals surface area (Å²) in [5.41, 5.74) is 20.4. The van der Waals surface area contributed by atoms with Crippen LogP contribution in [0, 0.1) is 11.3 Å². The van der Waals surface area contributed by atoms with Crippen molar-refractivity contribution in [2.24, 2.45) is 11.3 Å². The molecule has 0 N–H and O–H groups in total. The molecule has 1 fully saturated rings. The van der Waals surface area contributed by atoms with Crippen LogP contribution in [0.1, 0.15) is 163 Å². The van der Waals surface area contributed by atoms with Crippen LogP contribution in [0.5, 0.6) is 0 Å². The molecule has 0 aliphatic heterocycles. The number of fused-ring (bicyclic) bond motifs is 5. The first-order valence-corrected chi connectivity index (χ1v) is 23.4. The summed E-state index contributed by atoms with van der Waals surface area (Å²) in [6.07, 6.45) is 39.2. The molecule has 3 aromatic carbocycles. The summed E-state index contributed by atoms with van der Waals surface area (Å²) in [7, 11) is 0. The molecule has 1 nitrogen and oxygen atoms in total. The van der Waals surface area contributed by atoms with Gasteiger partial charge in [-0.3, -0.25) is 0 Å². The number of allylic oxidation sites excluding steroid dienone is 13. The van der Waals surface area contributed by atoms with E-state index in [1.54, 1.807) is 50.2 Å².